The van der Waals surface area contributed by atoms with Crippen LogP contribution in [0, 0.1) is 6.92 Å². The molecule has 4 rings (SSSR count). The number of ether oxygens (including phenoxy) is 2. The van der Waals surface area contributed by atoms with Gasteiger partial charge in [0.1, 0.15) is 0 Å². The second kappa shape index (κ2) is 8.14. The average Bonchev–Trinajstić information content (AvgIpc) is 3.12. The third-order valence-electron chi connectivity index (χ3n) is 5.62. The molecule has 2 aliphatic heterocycles. The zero-order chi connectivity index (χ0) is 20.8. The molecule has 0 unspecified atom stereocenters. The molecule has 3 heterocycles. The molecule has 0 spiro atoms. The minimum Gasteiger partial charge on any atom is -0.372 e. The number of benzene rings is 1. The molecule has 29 heavy (non-hydrogen) atoms. The van der Waals surface area contributed by atoms with Gasteiger partial charge in [0.2, 0.25) is 0 Å². The molecule has 0 aliphatic carbocycles. The molecule has 0 amide bonds. The number of likely N-dealkylation sites (tertiary alicyclic amines) is 1. The van der Waals surface area contributed by atoms with Crippen LogP contribution < -0.4 is 4.72 Å². The van der Waals surface area contributed by atoms with Crippen LogP contribution >= 0.6 is 11.6 Å². The molecule has 8 nitrogen and oxygen atoms in total. The lowest BCUT2D eigenvalue weighted by atomic mass is 10.1. The molecular weight excluding hydrogens is 416 g/mol. The molecule has 2 fully saturated rings. The van der Waals surface area contributed by atoms with Crippen LogP contribution in [0.4, 0.5) is 0 Å². The van der Waals surface area contributed by atoms with E-state index in [-0.39, 0.29) is 18.2 Å². The lowest BCUT2D eigenvalue weighted by molar-refractivity contribution is -0.00461. The molecular formula is C19H27ClN4O4S. The summed E-state index contributed by atoms with van der Waals surface area (Å²) in [5, 5.41) is 1.88. The van der Waals surface area contributed by atoms with E-state index in [4.69, 9.17) is 21.1 Å². The van der Waals surface area contributed by atoms with Gasteiger partial charge < -0.3 is 14.5 Å². The van der Waals surface area contributed by atoms with Crippen LogP contribution in [0.2, 0.25) is 5.02 Å². The normalized spacial score (nSPS) is 24.3. The molecule has 2 aromatic rings. The van der Waals surface area contributed by atoms with Crippen LogP contribution in [0.15, 0.2) is 18.2 Å². The van der Waals surface area contributed by atoms with Crippen molar-refractivity contribution in [2.24, 2.45) is 0 Å². The number of aryl methyl sites for hydroxylation is 1. The highest BCUT2D eigenvalue weighted by Gasteiger charge is 2.38. The SMILES string of the molecule is Cc1c(CN2C[C@@H]3OCC(NS(=O)(=O)N(C)C)CO[C@H]3C2)[nH]c2ccc(Cl)cc12. The number of aromatic nitrogens is 1. The summed E-state index contributed by atoms with van der Waals surface area (Å²) in [6.45, 7) is 4.96. The quantitative estimate of drug-likeness (QED) is 0.732. The van der Waals surface area contributed by atoms with Crippen LogP contribution in [0.25, 0.3) is 10.9 Å². The average molecular weight is 443 g/mol. The maximum atomic E-state index is 12.0. The van der Waals surface area contributed by atoms with E-state index < -0.39 is 10.2 Å². The lowest BCUT2D eigenvalue weighted by Crippen LogP contribution is -2.46. The zero-order valence-electron chi connectivity index (χ0n) is 16.8. The monoisotopic (exact) mass is 442 g/mol. The molecule has 0 radical (unpaired) electrons. The molecule has 2 saturated heterocycles. The highest BCUT2D eigenvalue weighted by atomic mass is 35.5. The van der Waals surface area contributed by atoms with Crippen molar-refractivity contribution in [2.75, 3.05) is 40.4 Å². The summed E-state index contributed by atoms with van der Waals surface area (Å²) in [6, 6.07) is 5.49. The highest BCUT2D eigenvalue weighted by molar-refractivity contribution is 7.87. The van der Waals surface area contributed by atoms with Crippen LogP contribution in [0.5, 0.6) is 0 Å². The summed E-state index contributed by atoms with van der Waals surface area (Å²) in [5.41, 5.74) is 3.45. The van der Waals surface area contributed by atoms with Gasteiger partial charge in [-0.25, -0.2) is 0 Å². The predicted molar refractivity (Wildman–Crippen MR) is 112 cm³/mol. The number of nitrogens with one attached hydrogen (secondary N) is 2. The van der Waals surface area contributed by atoms with Gasteiger partial charge in [-0.2, -0.15) is 17.4 Å². The van der Waals surface area contributed by atoms with Crippen molar-refractivity contribution >= 4 is 32.7 Å². The van der Waals surface area contributed by atoms with Crippen molar-refractivity contribution in [1.82, 2.24) is 18.9 Å². The zero-order valence-corrected chi connectivity index (χ0v) is 18.4. The fraction of sp³-hybridized carbons (Fsp3) is 0.579. The molecule has 0 bridgehead atoms. The second-order valence-electron chi connectivity index (χ2n) is 7.96. The first-order valence-corrected chi connectivity index (χ1v) is 11.5. The van der Waals surface area contributed by atoms with E-state index in [2.05, 4.69) is 21.5 Å². The summed E-state index contributed by atoms with van der Waals surface area (Å²) in [4.78, 5) is 5.80. The Morgan fingerprint density at radius 2 is 1.90 bits per heavy atom. The van der Waals surface area contributed by atoms with Gasteiger partial charge in [-0.05, 0) is 30.7 Å². The maximum Gasteiger partial charge on any atom is 0.279 e. The van der Waals surface area contributed by atoms with E-state index in [0.717, 1.165) is 45.6 Å². The Hall–Kier alpha value is -1.20. The fourth-order valence-electron chi connectivity index (χ4n) is 3.92. The largest absolute Gasteiger partial charge is 0.372 e. The minimum absolute atomic E-state index is 0.0667. The third kappa shape index (κ3) is 4.46. The molecule has 2 N–H and O–H groups in total. The Balaban J connectivity index is 1.38. The van der Waals surface area contributed by atoms with Crippen molar-refractivity contribution in [3.05, 3.63) is 34.5 Å². The Bertz CT molecular complexity index is 978. The van der Waals surface area contributed by atoms with Gasteiger partial charge in [0.05, 0.1) is 31.5 Å². The van der Waals surface area contributed by atoms with Crippen molar-refractivity contribution in [2.45, 2.75) is 31.7 Å². The smallest absolute Gasteiger partial charge is 0.279 e. The first kappa shape index (κ1) is 21.0. The number of hydrogen-bond acceptors (Lipinski definition) is 5. The van der Waals surface area contributed by atoms with E-state index in [1.807, 2.05) is 18.2 Å². The van der Waals surface area contributed by atoms with E-state index >= 15 is 0 Å². The number of nitrogens with zero attached hydrogens (tertiary/aromatic N) is 2. The predicted octanol–water partition coefficient (Wildman–Crippen LogP) is 1.49. The Morgan fingerprint density at radius 1 is 1.24 bits per heavy atom. The summed E-state index contributed by atoms with van der Waals surface area (Å²) < 4.78 is 39.8. The number of halogens is 1. The topological polar surface area (TPSA) is 86.9 Å². The highest BCUT2D eigenvalue weighted by Crippen LogP contribution is 2.28. The molecule has 10 heteroatoms. The van der Waals surface area contributed by atoms with Gasteiger partial charge in [-0.15, -0.1) is 0 Å². The van der Waals surface area contributed by atoms with Gasteiger partial charge in [-0.1, -0.05) is 11.6 Å². The second-order valence-corrected chi connectivity index (χ2v) is 10.3. The number of rotatable bonds is 5. The molecule has 0 saturated carbocycles. The van der Waals surface area contributed by atoms with E-state index in [1.54, 1.807) is 0 Å². The first-order chi connectivity index (χ1) is 13.7. The van der Waals surface area contributed by atoms with Gasteiger partial charge in [-0.3, -0.25) is 4.90 Å². The van der Waals surface area contributed by atoms with Gasteiger partial charge in [0.25, 0.3) is 10.2 Å². The minimum atomic E-state index is -3.51. The summed E-state index contributed by atoms with van der Waals surface area (Å²) in [5.74, 6) is 0. The third-order valence-corrected chi connectivity index (χ3v) is 7.44. The Morgan fingerprint density at radius 3 is 2.52 bits per heavy atom. The Labute approximate surface area is 176 Å². The lowest BCUT2D eigenvalue weighted by Gasteiger charge is -2.20. The van der Waals surface area contributed by atoms with Crippen LogP contribution in [0.1, 0.15) is 11.3 Å². The van der Waals surface area contributed by atoms with Crippen molar-refractivity contribution < 1.29 is 17.9 Å². The van der Waals surface area contributed by atoms with E-state index in [1.165, 1.54) is 19.7 Å². The van der Waals surface area contributed by atoms with Crippen LogP contribution in [-0.2, 0) is 26.2 Å². The number of hydrogen-bond donors (Lipinski definition) is 2. The van der Waals surface area contributed by atoms with Crippen molar-refractivity contribution in [3.63, 3.8) is 0 Å². The maximum absolute atomic E-state index is 12.0. The fourth-order valence-corrected chi connectivity index (χ4v) is 4.86. The van der Waals surface area contributed by atoms with Gasteiger partial charge >= 0.3 is 0 Å². The summed E-state index contributed by atoms with van der Waals surface area (Å²) >= 11 is 6.13. The summed E-state index contributed by atoms with van der Waals surface area (Å²) in [7, 11) is -0.524. The van der Waals surface area contributed by atoms with Gasteiger partial charge in [0, 0.05) is 55.3 Å². The molecule has 1 aromatic heterocycles. The van der Waals surface area contributed by atoms with Crippen LogP contribution in [-0.4, -0.2) is 81.3 Å². The van der Waals surface area contributed by atoms with Crippen molar-refractivity contribution in [1.29, 1.82) is 0 Å². The number of H-pyrrole nitrogens is 1. The van der Waals surface area contributed by atoms with E-state index in [9.17, 15) is 8.42 Å². The van der Waals surface area contributed by atoms with Crippen LogP contribution in [0.3, 0.4) is 0 Å². The molecule has 2 aliphatic rings. The molecule has 2 atom stereocenters. The number of aromatic amines is 1. The van der Waals surface area contributed by atoms with Gasteiger partial charge in [0.15, 0.2) is 0 Å². The molecule has 1 aromatic carbocycles. The molecule has 160 valence electrons. The van der Waals surface area contributed by atoms with E-state index in [0.29, 0.717) is 13.2 Å². The standard InChI is InChI=1S/C19H27ClN4O4S/c1-12-15-6-13(20)4-5-16(15)21-17(12)7-24-8-18-19(9-24)28-11-14(10-27-18)22-29(25,26)23(2)3/h4-6,14,18-19,21-22H,7-11H2,1-3H3/t18-,19-/m0/s1. The first-order valence-electron chi connectivity index (χ1n) is 9.65. The number of fused-ring (bicyclic) bond motifs is 2. The summed E-state index contributed by atoms with van der Waals surface area (Å²) in [6.07, 6.45) is -0.133. The Kier molecular flexibility index (Phi) is 5.91. The van der Waals surface area contributed by atoms with Crippen molar-refractivity contribution in [3.8, 4) is 0 Å².